The predicted molar refractivity (Wildman–Crippen MR) is 145 cm³/mol. The van der Waals surface area contributed by atoms with Gasteiger partial charge in [0.2, 0.25) is 0 Å². The van der Waals surface area contributed by atoms with Crippen molar-refractivity contribution in [2.24, 2.45) is 39.9 Å². The molecule has 2 nitrogen and oxygen atoms in total. The standard InChI is InChI=1S/C32H54O2/c1-22(2)12-10-13-24(5)26-16-19-31(8)28(26)14-15-29-30(7,18-11-21-34-25(6)33)27(23(3)4)17-20-32(29,31)9/h12,24,26,28-29H,10-11,13-21H2,1-9H3. The maximum atomic E-state index is 11.3. The molecule has 0 N–H and O–H groups in total. The molecule has 0 radical (unpaired) electrons. The molecule has 0 heterocycles. The molecule has 3 aliphatic carbocycles. The molecule has 34 heavy (non-hydrogen) atoms. The van der Waals surface area contributed by atoms with E-state index in [0.717, 1.165) is 36.5 Å². The monoisotopic (exact) mass is 470 g/mol. The summed E-state index contributed by atoms with van der Waals surface area (Å²) in [7, 11) is 0. The maximum absolute atomic E-state index is 11.3. The lowest BCUT2D eigenvalue weighted by Crippen LogP contribution is -2.57. The summed E-state index contributed by atoms with van der Waals surface area (Å²) in [5, 5.41) is 0. The van der Waals surface area contributed by atoms with E-state index in [9.17, 15) is 4.79 Å². The molecule has 3 rings (SSSR count). The fourth-order valence-electron chi connectivity index (χ4n) is 9.32. The van der Waals surface area contributed by atoms with Gasteiger partial charge in [-0.3, -0.25) is 4.79 Å². The lowest BCUT2D eigenvalue weighted by molar-refractivity contribution is -0.144. The highest BCUT2D eigenvalue weighted by Crippen LogP contribution is 2.73. The molecule has 0 aliphatic heterocycles. The van der Waals surface area contributed by atoms with Crippen LogP contribution in [-0.2, 0) is 9.53 Å². The quantitative estimate of drug-likeness (QED) is 0.201. The number of rotatable bonds is 8. The van der Waals surface area contributed by atoms with Crippen LogP contribution in [0, 0.1) is 39.9 Å². The largest absolute Gasteiger partial charge is 0.466 e. The van der Waals surface area contributed by atoms with E-state index in [1.165, 1.54) is 69.4 Å². The van der Waals surface area contributed by atoms with Crippen molar-refractivity contribution >= 4 is 5.97 Å². The zero-order valence-electron chi connectivity index (χ0n) is 24.0. The topological polar surface area (TPSA) is 26.3 Å². The first-order valence-electron chi connectivity index (χ1n) is 14.3. The summed E-state index contributed by atoms with van der Waals surface area (Å²) >= 11 is 0. The number of carbonyl (C=O) groups excluding carboxylic acids is 1. The van der Waals surface area contributed by atoms with Crippen LogP contribution in [0.25, 0.3) is 0 Å². The Bertz CT molecular complexity index is 798. The van der Waals surface area contributed by atoms with E-state index >= 15 is 0 Å². The normalized spacial score (nSPS) is 38.0. The van der Waals surface area contributed by atoms with Gasteiger partial charge in [0, 0.05) is 6.92 Å². The minimum Gasteiger partial charge on any atom is -0.466 e. The van der Waals surface area contributed by atoms with Crippen molar-refractivity contribution in [3.63, 3.8) is 0 Å². The van der Waals surface area contributed by atoms with Crippen LogP contribution in [0.3, 0.4) is 0 Å². The number of fused-ring (bicyclic) bond motifs is 3. The highest BCUT2D eigenvalue weighted by atomic mass is 16.5. The predicted octanol–water partition coefficient (Wildman–Crippen LogP) is 9.30. The Morgan fingerprint density at radius 1 is 1.03 bits per heavy atom. The van der Waals surface area contributed by atoms with Crippen LogP contribution < -0.4 is 0 Å². The lowest BCUT2D eigenvalue weighted by Gasteiger charge is -2.65. The molecule has 3 fully saturated rings. The van der Waals surface area contributed by atoms with Crippen molar-refractivity contribution in [3.05, 3.63) is 22.8 Å². The molecular weight excluding hydrogens is 416 g/mol. The Morgan fingerprint density at radius 2 is 1.74 bits per heavy atom. The Kier molecular flexibility index (Phi) is 8.52. The fourth-order valence-corrected chi connectivity index (χ4v) is 9.32. The van der Waals surface area contributed by atoms with Gasteiger partial charge < -0.3 is 4.74 Å². The molecule has 3 saturated carbocycles. The van der Waals surface area contributed by atoms with Crippen molar-refractivity contribution in [2.75, 3.05) is 6.61 Å². The molecule has 0 amide bonds. The second-order valence-electron chi connectivity index (χ2n) is 13.4. The third-order valence-corrected chi connectivity index (χ3v) is 11.2. The summed E-state index contributed by atoms with van der Waals surface area (Å²) in [5.74, 6) is 3.19. The average Bonchev–Trinajstić information content (AvgIpc) is 3.09. The van der Waals surface area contributed by atoms with E-state index in [4.69, 9.17) is 4.74 Å². The van der Waals surface area contributed by atoms with Crippen molar-refractivity contribution in [3.8, 4) is 0 Å². The van der Waals surface area contributed by atoms with E-state index in [-0.39, 0.29) is 11.4 Å². The van der Waals surface area contributed by atoms with E-state index in [1.807, 2.05) is 0 Å². The van der Waals surface area contributed by atoms with Crippen molar-refractivity contribution in [2.45, 2.75) is 127 Å². The van der Waals surface area contributed by atoms with Gasteiger partial charge >= 0.3 is 5.97 Å². The molecule has 2 heteroatoms. The molecule has 0 spiro atoms. The number of ether oxygens (including phenoxy) is 1. The zero-order valence-corrected chi connectivity index (χ0v) is 24.0. The summed E-state index contributed by atoms with van der Waals surface area (Å²) in [6, 6.07) is 0. The van der Waals surface area contributed by atoms with Gasteiger partial charge in [-0.2, -0.15) is 0 Å². The second kappa shape index (κ2) is 10.5. The van der Waals surface area contributed by atoms with Crippen LogP contribution >= 0.6 is 0 Å². The van der Waals surface area contributed by atoms with Gasteiger partial charge in [0.05, 0.1) is 6.61 Å². The van der Waals surface area contributed by atoms with Gasteiger partial charge in [0.1, 0.15) is 0 Å². The van der Waals surface area contributed by atoms with Crippen LogP contribution in [-0.4, -0.2) is 12.6 Å². The maximum Gasteiger partial charge on any atom is 0.302 e. The minimum absolute atomic E-state index is 0.148. The summed E-state index contributed by atoms with van der Waals surface area (Å²) in [6.45, 7) is 21.7. The number of hydrogen-bond donors (Lipinski definition) is 0. The van der Waals surface area contributed by atoms with Gasteiger partial charge in [-0.1, -0.05) is 50.5 Å². The number of allylic oxidation sites excluding steroid dienone is 4. The summed E-state index contributed by atoms with van der Waals surface area (Å²) in [4.78, 5) is 11.3. The number of hydrogen-bond acceptors (Lipinski definition) is 2. The van der Waals surface area contributed by atoms with Crippen molar-refractivity contribution in [1.82, 2.24) is 0 Å². The van der Waals surface area contributed by atoms with Gasteiger partial charge in [-0.25, -0.2) is 0 Å². The zero-order chi connectivity index (χ0) is 25.3. The van der Waals surface area contributed by atoms with Crippen LogP contribution in [0.5, 0.6) is 0 Å². The molecule has 0 saturated heterocycles. The second-order valence-corrected chi connectivity index (χ2v) is 13.4. The molecule has 0 aromatic rings. The van der Waals surface area contributed by atoms with Crippen LogP contribution in [0.2, 0.25) is 0 Å². The Morgan fingerprint density at radius 3 is 2.35 bits per heavy atom. The van der Waals surface area contributed by atoms with E-state index in [2.05, 4.69) is 61.5 Å². The highest BCUT2D eigenvalue weighted by Gasteiger charge is 2.65. The first-order chi connectivity index (χ1) is 15.9. The summed E-state index contributed by atoms with van der Waals surface area (Å²) in [6.07, 6.45) is 15.4. The van der Waals surface area contributed by atoms with E-state index in [1.54, 1.807) is 5.57 Å². The van der Waals surface area contributed by atoms with Crippen molar-refractivity contribution in [1.29, 1.82) is 0 Å². The first-order valence-corrected chi connectivity index (χ1v) is 14.3. The molecule has 0 aromatic carbocycles. The van der Waals surface area contributed by atoms with Crippen LogP contribution in [0.4, 0.5) is 0 Å². The van der Waals surface area contributed by atoms with Gasteiger partial charge in [0.15, 0.2) is 0 Å². The van der Waals surface area contributed by atoms with Gasteiger partial charge in [-0.15, -0.1) is 0 Å². The van der Waals surface area contributed by atoms with E-state index in [0.29, 0.717) is 17.4 Å². The minimum atomic E-state index is -0.148. The first kappa shape index (κ1) is 27.5. The molecule has 0 aromatic heterocycles. The Balaban J connectivity index is 1.84. The fraction of sp³-hybridized carbons (Fsp3) is 0.844. The summed E-state index contributed by atoms with van der Waals surface area (Å²) in [5.41, 5.74) is 5.79. The van der Waals surface area contributed by atoms with E-state index < -0.39 is 0 Å². The molecule has 194 valence electrons. The number of esters is 1. The number of carbonyl (C=O) groups is 1. The summed E-state index contributed by atoms with van der Waals surface area (Å²) < 4.78 is 5.35. The van der Waals surface area contributed by atoms with Gasteiger partial charge in [-0.05, 0) is 132 Å². The molecule has 7 atom stereocenters. The molecule has 0 bridgehead atoms. The smallest absolute Gasteiger partial charge is 0.302 e. The molecule has 7 unspecified atom stereocenters. The van der Waals surface area contributed by atoms with Crippen LogP contribution in [0.15, 0.2) is 22.8 Å². The highest BCUT2D eigenvalue weighted by molar-refractivity contribution is 5.65. The third kappa shape index (κ3) is 4.94. The molecule has 3 aliphatic rings. The Hall–Kier alpha value is -1.05. The Labute approximate surface area is 211 Å². The van der Waals surface area contributed by atoms with Crippen LogP contribution in [0.1, 0.15) is 127 Å². The lowest BCUT2D eigenvalue weighted by atomic mass is 9.39. The third-order valence-electron chi connectivity index (χ3n) is 11.2. The average molecular weight is 471 g/mol. The van der Waals surface area contributed by atoms with Gasteiger partial charge in [0.25, 0.3) is 0 Å². The molecular formula is C32H54O2. The SMILES string of the molecule is CC(=O)OCCCC1(C)C(=C(C)C)CCC2(C)C1CCC1C(C(C)CCC=C(C)C)CCC12C. The van der Waals surface area contributed by atoms with Crippen molar-refractivity contribution < 1.29 is 9.53 Å².